The van der Waals surface area contributed by atoms with Crippen LogP contribution in [0.25, 0.3) is 0 Å². The molecule has 14 atom stereocenters. The topological polar surface area (TPSA) is 235 Å². The number of aliphatic carboxylic acids is 1. The summed E-state index contributed by atoms with van der Waals surface area (Å²) in [6, 6.07) is 0. The predicted molar refractivity (Wildman–Crippen MR) is 207 cm³/mol. The van der Waals surface area contributed by atoms with E-state index < -0.39 is 110 Å². The molecule has 1 saturated heterocycles. The van der Waals surface area contributed by atoms with E-state index in [1.165, 1.54) is 0 Å². The van der Waals surface area contributed by atoms with Crippen LogP contribution < -0.4 is 0 Å². The van der Waals surface area contributed by atoms with Crippen molar-refractivity contribution in [1.82, 2.24) is 0 Å². The van der Waals surface area contributed by atoms with Crippen molar-refractivity contribution in [3.63, 3.8) is 0 Å². The average Bonchev–Trinajstić information content (AvgIpc) is 3.08. The van der Waals surface area contributed by atoms with Gasteiger partial charge in [-0.25, -0.2) is 0 Å². The summed E-state index contributed by atoms with van der Waals surface area (Å²) in [6.45, 7) is 7.10. The first-order chi connectivity index (χ1) is 25.9. The maximum atomic E-state index is 12.5. The predicted octanol–water partition coefficient (Wildman–Crippen LogP) is 3.17. The SMILES string of the molecule is CC1C=CC=CC=CC=CC=CC=CC=CC(C)C(O)C(C)C(C)OC(=O)CC(O)CC(O)CCC(O)C(O)CC(O)CC2(O)CC(O)C(C(=O)O)C(C1)O2. The first kappa shape index (κ1) is 47.9. The minimum Gasteiger partial charge on any atom is -0.481 e. The number of carbonyl (C=O) groups excluding carboxylic acids is 1. The van der Waals surface area contributed by atoms with Gasteiger partial charge in [0.15, 0.2) is 5.79 Å². The van der Waals surface area contributed by atoms with Crippen molar-refractivity contribution >= 4 is 11.9 Å². The highest BCUT2D eigenvalue weighted by molar-refractivity contribution is 5.71. The van der Waals surface area contributed by atoms with E-state index in [0.29, 0.717) is 0 Å². The highest BCUT2D eigenvalue weighted by Gasteiger charge is 2.49. The van der Waals surface area contributed by atoms with E-state index in [-0.39, 0.29) is 37.5 Å². The number of ether oxygens (including phenoxy) is 2. The van der Waals surface area contributed by atoms with Crippen LogP contribution in [0.1, 0.15) is 79.1 Å². The fourth-order valence-electron chi connectivity index (χ4n) is 6.72. The summed E-state index contributed by atoms with van der Waals surface area (Å²) in [5, 5.41) is 95.3. The monoisotopic (exact) mass is 776 g/mol. The summed E-state index contributed by atoms with van der Waals surface area (Å²) < 4.78 is 11.3. The van der Waals surface area contributed by atoms with Gasteiger partial charge in [0.25, 0.3) is 0 Å². The summed E-state index contributed by atoms with van der Waals surface area (Å²) in [4.78, 5) is 24.6. The lowest BCUT2D eigenvalue weighted by Gasteiger charge is -2.44. The number of allylic oxidation sites excluding steroid dienone is 13. The lowest BCUT2D eigenvalue weighted by atomic mass is 9.81. The molecule has 13 nitrogen and oxygen atoms in total. The van der Waals surface area contributed by atoms with Crippen molar-refractivity contribution in [2.45, 2.75) is 140 Å². The maximum absolute atomic E-state index is 12.5. The molecule has 0 spiro atoms. The Morgan fingerprint density at radius 1 is 0.655 bits per heavy atom. The summed E-state index contributed by atoms with van der Waals surface area (Å²) in [5.41, 5.74) is 0. The number of hydrogen-bond acceptors (Lipinski definition) is 12. The Kier molecular flexibility index (Phi) is 21.3. The molecule has 310 valence electrons. The van der Waals surface area contributed by atoms with Crippen LogP contribution in [0.2, 0.25) is 0 Å². The van der Waals surface area contributed by atoms with E-state index in [1.54, 1.807) is 26.0 Å². The van der Waals surface area contributed by atoms with Crippen LogP contribution in [0.5, 0.6) is 0 Å². The van der Waals surface area contributed by atoms with Gasteiger partial charge in [0.2, 0.25) is 0 Å². The molecule has 2 heterocycles. The van der Waals surface area contributed by atoms with Gasteiger partial charge in [-0.3, -0.25) is 9.59 Å². The number of rotatable bonds is 1. The second kappa shape index (κ2) is 24.4. The van der Waals surface area contributed by atoms with Crippen LogP contribution in [0.4, 0.5) is 0 Å². The Morgan fingerprint density at radius 2 is 1.20 bits per heavy atom. The van der Waals surface area contributed by atoms with Gasteiger partial charge < -0.3 is 55.4 Å². The fraction of sp³-hybridized carbons (Fsp3) is 0.619. The Hall–Kier alpha value is -3.24. The zero-order valence-electron chi connectivity index (χ0n) is 32.4. The molecule has 0 amide bonds. The Bertz CT molecular complexity index is 1370. The number of carboxylic acids is 1. The number of fused-ring (bicyclic) bond motifs is 2. The molecule has 2 aliphatic heterocycles. The van der Waals surface area contributed by atoms with Crippen molar-refractivity contribution in [2.75, 3.05) is 0 Å². The normalized spacial score (nSPS) is 39.1. The molecular weight excluding hydrogens is 712 g/mol. The third-order valence-electron chi connectivity index (χ3n) is 10.1. The van der Waals surface area contributed by atoms with Crippen LogP contribution in [0, 0.1) is 23.7 Å². The number of carboxylic acid groups (broad SMARTS) is 1. The summed E-state index contributed by atoms with van der Waals surface area (Å²) in [7, 11) is 0. The van der Waals surface area contributed by atoms with Gasteiger partial charge in [0, 0.05) is 31.1 Å². The summed E-state index contributed by atoms with van der Waals surface area (Å²) in [6.07, 6.45) is 12.9. The smallest absolute Gasteiger partial charge is 0.311 e. The molecule has 2 aliphatic rings. The fourth-order valence-corrected chi connectivity index (χ4v) is 6.72. The van der Waals surface area contributed by atoms with Crippen molar-refractivity contribution in [3.8, 4) is 0 Å². The minimum atomic E-state index is -2.11. The molecule has 0 aliphatic carbocycles. The Labute approximate surface area is 325 Å². The largest absolute Gasteiger partial charge is 0.481 e. The molecule has 0 aromatic rings. The zero-order valence-corrected chi connectivity index (χ0v) is 32.4. The maximum Gasteiger partial charge on any atom is 0.311 e. The molecule has 2 bridgehead atoms. The Morgan fingerprint density at radius 3 is 1.76 bits per heavy atom. The lowest BCUT2D eigenvalue weighted by molar-refractivity contribution is -0.299. The highest BCUT2D eigenvalue weighted by Crippen LogP contribution is 2.38. The van der Waals surface area contributed by atoms with Gasteiger partial charge in [-0.05, 0) is 38.5 Å². The molecule has 0 aromatic heterocycles. The molecule has 14 unspecified atom stereocenters. The van der Waals surface area contributed by atoms with E-state index in [4.69, 9.17) is 9.47 Å². The molecule has 1 fully saturated rings. The molecule has 0 radical (unpaired) electrons. The van der Waals surface area contributed by atoms with Crippen LogP contribution in [-0.2, 0) is 19.1 Å². The number of hydrogen-bond donors (Lipinski definition) is 9. The van der Waals surface area contributed by atoms with Gasteiger partial charge >= 0.3 is 11.9 Å². The van der Waals surface area contributed by atoms with Crippen LogP contribution in [-0.4, -0.2) is 119 Å². The van der Waals surface area contributed by atoms with E-state index in [2.05, 4.69) is 0 Å². The van der Waals surface area contributed by atoms with E-state index >= 15 is 0 Å². The molecule has 0 aromatic carbocycles. The van der Waals surface area contributed by atoms with Crippen molar-refractivity contribution in [1.29, 1.82) is 0 Å². The van der Waals surface area contributed by atoms with Gasteiger partial charge in [-0.2, -0.15) is 0 Å². The molecule has 9 N–H and O–H groups in total. The third kappa shape index (κ3) is 18.1. The average molecular weight is 777 g/mol. The lowest BCUT2D eigenvalue weighted by Crippen LogP contribution is -2.55. The van der Waals surface area contributed by atoms with E-state index in [9.17, 15) is 55.5 Å². The molecule has 2 rings (SSSR count). The standard InChI is InChI=1S/C42H64O13/c1-27-17-15-13-11-9-7-5-6-8-10-12-14-16-18-28(2)40(50)29(3)30(4)54-38(49)24-32(44)22-31(43)19-20-34(46)35(47)23-33(45)25-42(53)26-36(48)39(41(51)52)37(21-27)55-42/h5-18,27-37,39-40,43-48,50,53H,19-26H2,1-4H3,(H,51,52). The molecular formula is C42H64O13. The van der Waals surface area contributed by atoms with Crippen LogP contribution >= 0.6 is 0 Å². The van der Waals surface area contributed by atoms with Crippen molar-refractivity contribution in [3.05, 3.63) is 85.1 Å². The zero-order chi connectivity index (χ0) is 41.1. The number of aliphatic hydroxyl groups is 8. The number of esters is 1. The summed E-state index contributed by atoms with van der Waals surface area (Å²) in [5.74, 6) is -6.30. The quantitative estimate of drug-likeness (QED) is 0.174. The molecule has 0 saturated carbocycles. The van der Waals surface area contributed by atoms with Gasteiger partial charge in [0.1, 0.15) is 12.0 Å². The van der Waals surface area contributed by atoms with Crippen LogP contribution in [0.3, 0.4) is 0 Å². The van der Waals surface area contributed by atoms with Gasteiger partial charge in [0.05, 0.1) is 55.3 Å². The first-order valence-electron chi connectivity index (χ1n) is 19.2. The third-order valence-corrected chi connectivity index (χ3v) is 10.1. The Balaban J connectivity index is 2.18. The number of aliphatic hydroxyl groups excluding tert-OH is 7. The van der Waals surface area contributed by atoms with E-state index in [1.807, 2.05) is 86.8 Å². The van der Waals surface area contributed by atoms with Gasteiger partial charge in [-0.15, -0.1) is 0 Å². The minimum absolute atomic E-state index is 0.0510. The number of cyclic esters (lactones) is 1. The first-order valence-corrected chi connectivity index (χ1v) is 19.2. The van der Waals surface area contributed by atoms with Crippen LogP contribution in [0.15, 0.2) is 85.1 Å². The van der Waals surface area contributed by atoms with E-state index in [0.717, 1.165) is 0 Å². The van der Waals surface area contributed by atoms with Crippen molar-refractivity contribution < 1.29 is 65.0 Å². The van der Waals surface area contributed by atoms with Gasteiger partial charge in [-0.1, -0.05) is 106 Å². The second-order valence-electron chi connectivity index (χ2n) is 15.1. The van der Waals surface area contributed by atoms with Crippen molar-refractivity contribution in [2.24, 2.45) is 23.7 Å². The molecule has 13 heteroatoms. The summed E-state index contributed by atoms with van der Waals surface area (Å²) >= 11 is 0. The second-order valence-corrected chi connectivity index (χ2v) is 15.1. The molecule has 55 heavy (non-hydrogen) atoms. The number of carbonyl (C=O) groups is 2. The highest BCUT2D eigenvalue weighted by atomic mass is 16.6.